The molecule has 3 aliphatic rings. The summed E-state index contributed by atoms with van der Waals surface area (Å²) in [5.74, 6) is -1.24. The highest BCUT2D eigenvalue weighted by Gasteiger charge is 2.42. The van der Waals surface area contributed by atoms with E-state index < -0.39 is 23.5 Å². The van der Waals surface area contributed by atoms with E-state index in [1.807, 2.05) is 4.90 Å². The Morgan fingerprint density at radius 3 is 2.33 bits per heavy atom. The maximum Gasteiger partial charge on any atom is 0.437 e. The van der Waals surface area contributed by atoms with E-state index in [1.54, 1.807) is 17.0 Å². The summed E-state index contributed by atoms with van der Waals surface area (Å²) in [6.45, 7) is 3.58. The van der Waals surface area contributed by atoms with E-state index >= 15 is 0 Å². The van der Waals surface area contributed by atoms with Gasteiger partial charge in [-0.25, -0.2) is 9.78 Å². The van der Waals surface area contributed by atoms with E-state index in [9.17, 15) is 22.8 Å². The van der Waals surface area contributed by atoms with Crippen molar-refractivity contribution in [3.8, 4) is 0 Å². The predicted molar refractivity (Wildman–Crippen MR) is 139 cm³/mol. The van der Waals surface area contributed by atoms with Crippen LogP contribution in [0.15, 0.2) is 22.7 Å². The summed E-state index contributed by atoms with van der Waals surface area (Å²) in [5, 5.41) is 5.58. The minimum Gasteiger partial charge on any atom is -0.417 e. The Hall–Kier alpha value is -3.51. The average molecular weight is 550 g/mol. The van der Waals surface area contributed by atoms with Crippen molar-refractivity contribution in [2.45, 2.75) is 63.6 Å². The molecule has 212 valence electrons. The van der Waals surface area contributed by atoms with Gasteiger partial charge in [-0.2, -0.15) is 18.2 Å². The number of nitrogens with one attached hydrogen (secondary N) is 2. The lowest BCUT2D eigenvalue weighted by Gasteiger charge is -2.24. The van der Waals surface area contributed by atoms with Crippen molar-refractivity contribution in [1.82, 2.24) is 20.2 Å². The number of urea groups is 1. The highest BCUT2D eigenvalue weighted by Crippen LogP contribution is 2.35. The van der Waals surface area contributed by atoms with Gasteiger partial charge in [0.25, 0.3) is 11.9 Å². The molecule has 0 aromatic carbocycles. The number of halogens is 3. The second-order valence-electron chi connectivity index (χ2n) is 10.3. The smallest absolute Gasteiger partial charge is 0.417 e. The molecule has 0 radical (unpaired) electrons. The lowest BCUT2D eigenvalue weighted by molar-refractivity contribution is -0.141. The molecule has 10 nitrogen and oxygen atoms in total. The van der Waals surface area contributed by atoms with Crippen LogP contribution in [0.1, 0.15) is 67.6 Å². The molecule has 1 saturated carbocycles. The zero-order valence-corrected chi connectivity index (χ0v) is 21.8. The third kappa shape index (κ3) is 6.56. The van der Waals surface area contributed by atoms with Crippen molar-refractivity contribution in [2.75, 3.05) is 54.4 Å². The van der Waals surface area contributed by atoms with Gasteiger partial charge in [-0.15, -0.1) is 0 Å². The molecule has 2 aromatic rings. The molecule has 2 aliphatic heterocycles. The average Bonchev–Trinajstić information content (AvgIpc) is 3.55. The van der Waals surface area contributed by atoms with Crippen LogP contribution in [-0.4, -0.2) is 72.1 Å². The van der Waals surface area contributed by atoms with E-state index in [0.29, 0.717) is 45.1 Å². The highest BCUT2D eigenvalue weighted by molar-refractivity contribution is 6.03. The first-order valence-electron chi connectivity index (χ1n) is 13.7. The highest BCUT2D eigenvalue weighted by atomic mass is 19.4. The molecule has 5 rings (SSSR count). The van der Waals surface area contributed by atoms with Crippen molar-refractivity contribution >= 4 is 29.5 Å². The first-order valence-corrected chi connectivity index (χ1v) is 13.7. The number of aromatic nitrogens is 2. The van der Waals surface area contributed by atoms with Crippen molar-refractivity contribution in [1.29, 1.82) is 0 Å². The monoisotopic (exact) mass is 549 g/mol. The predicted octanol–water partition coefficient (Wildman–Crippen LogP) is 4.50. The number of hydrogen-bond donors (Lipinski definition) is 2. The van der Waals surface area contributed by atoms with Crippen LogP contribution in [-0.2, 0) is 6.18 Å². The van der Waals surface area contributed by atoms with Crippen LogP contribution in [0.3, 0.4) is 0 Å². The summed E-state index contributed by atoms with van der Waals surface area (Å²) in [7, 11) is 0. The molecule has 2 aromatic heterocycles. The van der Waals surface area contributed by atoms with E-state index in [1.165, 1.54) is 6.20 Å². The van der Waals surface area contributed by atoms with Crippen molar-refractivity contribution in [3.63, 3.8) is 0 Å². The Kier molecular flexibility index (Phi) is 8.12. The number of amides is 3. The fraction of sp³-hybridized carbons (Fsp3) is 0.615. The van der Waals surface area contributed by atoms with E-state index in [0.717, 1.165) is 51.4 Å². The molecule has 2 saturated heterocycles. The number of alkyl halides is 3. The Morgan fingerprint density at radius 2 is 1.64 bits per heavy atom. The molecular formula is C26H34F3N7O3. The fourth-order valence-corrected chi connectivity index (χ4v) is 5.40. The molecule has 3 amide bonds. The Bertz CT molecular complexity index is 1140. The van der Waals surface area contributed by atoms with E-state index in [4.69, 9.17) is 4.42 Å². The molecule has 0 spiro atoms. The zero-order valence-electron chi connectivity index (χ0n) is 21.8. The number of pyridine rings is 1. The molecule has 1 aliphatic carbocycles. The third-order valence-corrected chi connectivity index (χ3v) is 7.51. The van der Waals surface area contributed by atoms with Crippen LogP contribution in [0.5, 0.6) is 0 Å². The van der Waals surface area contributed by atoms with E-state index in [-0.39, 0.29) is 23.8 Å². The second-order valence-corrected chi connectivity index (χ2v) is 10.3. The number of piperidine rings is 1. The Labute approximate surface area is 224 Å². The number of oxazole rings is 1. The molecule has 0 bridgehead atoms. The lowest BCUT2D eigenvalue weighted by atomic mass is 10.1. The van der Waals surface area contributed by atoms with Gasteiger partial charge in [0.2, 0.25) is 5.76 Å². The zero-order chi connectivity index (χ0) is 27.4. The van der Waals surface area contributed by atoms with Gasteiger partial charge >= 0.3 is 12.2 Å². The summed E-state index contributed by atoms with van der Waals surface area (Å²) >= 11 is 0. The van der Waals surface area contributed by atoms with Gasteiger partial charge in [-0.3, -0.25) is 4.79 Å². The van der Waals surface area contributed by atoms with Gasteiger partial charge in [0.05, 0.1) is 11.9 Å². The Morgan fingerprint density at radius 1 is 0.897 bits per heavy atom. The quantitative estimate of drug-likeness (QED) is 0.566. The maximum absolute atomic E-state index is 13.6. The van der Waals surface area contributed by atoms with Crippen LogP contribution in [0.2, 0.25) is 0 Å². The van der Waals surface area contributed by atoms with Crippen molar-refractivity contribution in [3.05, 3.63) is 29.8 Å². The van der Waals surface area contributed by atoms with Crippen LogP contribution in [0.25, 0.3) is 0 Å². The summed E-state index contributed by atoms with van der Waals surface area (Å²) in [6, 6.07) is 3.34. The molecular weight excluding hydrogens is 515 g/mol. The number of nitrogens with zero attached hydrogens (tertiary/aromatic N) is 5. The minimum absolute atomic E-state index is 0.0242. The van der Waals surface area contributed by atoms with Crippen LogP contribution in [0, 0.1) is 0 Å². The topological polar surface area (TPSA) is 107 Å². The first kappa shape index (κ1) is 27.1. The fourth-order valence-electron chi connectivity index (χ4n) is 5.40. The van der Waals surface area contributed by atoms with Gasteiger partial charge < -0.3 is 29.8 Å². The SMILES string of the molecule is O=C(Nc1ccc(N2CCCN(C(=O)NC3CCCC3)CC2)nc1)c1oc(N2CCCCC2)nc1C(F)(F)F. The lowest BCUT2D eigenvalue weighted by Crippen LogP contribution is -2.45. The molecule has 3 fully saturated rings. The summed E-state index contributed by atoms with van der Waals surface area (Å²) in [6.07, 6.45) is 4.37. The number of anilines is 3. The first-order chi connectivity index (χ1) is 18.8. The number of hydrogen-bond acceptors (Lipinski definition) is 7. The molecule has 13 heteroatoms. The number of rotatable bonds is 5. The van der Waals surface area contributed by atoms with Gasteiger partial charge in [0, 0.05) is 45.3 Å². The standard InChI is InChI=1S/C26H34F3N7O3/c27-26(28,29)22-21(39-25(33-22)36-11-4-1-5-12-36)23(37)31-19-9-10-20(30-17-19)34-13-6-14-35(16-15-34)24(38)32-18-7-2-3-8-18/h9-10,17-18H,1-8,11-16H2,(H,31,37)(H,32,38). The van der Waals surface area contributed by atoms with Crippen LogP contribution >= 0.6 is 0 Å². The molecule has 2 N–H and O–H groups in total. The summed E-state index contributed by atoms with van der Waals surface area (Å²) < 4.78 is 46.2. The Balaban J connectivity index is 1.20. The summed E-state index contributed by atoms with van der Waals surface area (Å²) in [5.41, 5.74) is -1.10. The number of carbonyl (C=O) groups excluding carboxylic acids is 2. The van der Waals surface area contributed by atoms with Crippen molar-refractivity contribution < 1.29 is 27.2 Å². The normalized spacial score (nSPS) is 19.2. The van der Waals surface area contributed by atoms with Gasteiger partial charge in [0.15, 0.2) is 5.69 Å². The third-order valence-electron chi connectivity index (χ3n) is 7.51. The van der Waals surface area contributed by atoms with Crippen LogP contribution in [0.4, 0.5) is 35.5 Å². The van der Waals surface area contributed by atoms with Crippen LogP contribution < -0.4 is 20.4 Å². The molecule has 39 heavy (non-hydrogen) atoms. The van der Waals surface area contributed by atoms with E-state index in [2.05, 4.69) is 25.5 Å². The van der Waals surface area contributed by atoms with Gasteiger partial charge in [-0.1, -0.05) is 12.8 Å². The maximum atomic E-state index is 13.6. The van der Waals surface area contributed by atoms with Gasteiger partial charge in [0.1, 0.15) is 5.82 Å². The molecule has 0 atom stereocenters. The second kappa shape index (κ2) is 11.7. The minimum atomic E-state index is -4.83. The summed E-state index contributed by atoms with van der Waals surface area (Å²) in [4.78, 5) is 39.0. The molecule has 4 heterocycles. The molecule has 0 unspecified atom stereocenters. The largest absolute Gasteiger partial charge is 0.437 e. The number of carbonyl (C=O) groups is 2. The van der Waals surface area contributed by atoms with Crippen molar-refractivity contribution in [2.24, 2.45) is 0 Å². The van der Waals surface area contributed by atoms with Gasteiger partial charge in [-0.05, 0) is 50.7 Å².